The first kappa shape index (κ1) is 22.2. The van der Waals surface area contributed by atoms with Crippen LogP contribution in [0.2, 0.25) is 0 Å². The van der Waals surface area contributed by atoms with Crippen LogP contribution in [-0.2, 0) is 9.53 Å². The SMILES string of the molecule is COc1ccc2c(c1OC)C(=O)N1c3ccccc3C(=O)N(CCC(=O)NC[C@H]3CCCO3)[C@H]21. The highest BCUT2D eigenvalue weighted by molar-refractivity contribution is 6.18. The summed E-state index contributed by atoms with van der Waals surface area (Å²) in [6.07, 6.45) is 1.42. The molecule has 0 bridgehead atoms. The number of anilines is 1. The van der Waals surface area contributed by atoms with Gasteiger partial charge in [0.2, 0.25) is 5.91 Å². The van der Waals surface area contributed by atoms with Gasteiger partial charge in [0.1, 0.15) is 6.17 Å². The molecule has 2 aromatic carbocycles. The summed E-state index contributed by atoms with van der Waals surface area (Å²) in [4.78, 5) is 42.9. The Morgan fingerprint density at radius 1 is 1.12 bits per heavy atom. The highest BCUT2D eigenvalue weighted by atomic mass is 16.5. The number of nitrogens with one attached hydrogen (secondary N) is 1. The maximum atomic E-state index is 13.6. The summed E-state index contributed by atoms with van der Waals surface area (Å²) in [6.45, 7) is 1.34. The summed E-state index contributed by atoms with van der Waals surface area (Å²) in [5.74, 6) is 0.112. The minimum atomic E-state index is -0.671. The van der Waals surface area contributed by atoms with Crippen LogP contribution in [0.5, 0.6) is 11.5 Å². The van der Waals surface area contributed by atoms with Gasteiger partial charge >= 0.3 is 0 Å². The standard InChI is InChI=1S/C25H27N3O6/c1-32-19-10-9-17-21(22(19)33-2)25(31)28-18-8-4-3-7-16(18)24(30)27(23(17)28)12-11-20(29)26-14-15-6-5-13-34-15/h3-4,7-10,15,23H,5-6,11-14H2,1-2H3,(H,26,29)/t15-,23+/m1/s1. The van der Waals surface area contributed by atoms with E-state index < -0.39 is 6.17 Å². The molecular weight excluding hydrogens is 438 g/mol. The lowest BCUT2D eigenvalue weighted by molar-refractivity contribution is -0.121. The summed E-state index contributed by atoms with van der Waals surface area (Å²) in [7, 11) is 3.00. The van der Waals surface area contributed by atoms with E-state index in [9.17, 15) is 14.4 Å². The molecule has 3 aliphatic heterocycles. The fourth-order valence-electron chi connectivity index (χ4n) is 4.99. The van der Waals surface area contributed by atoms with E-state index in [-0.39, 0.29) is 36.8 Å². The van der Waals surface area contributed by atoms with Crippen LogP contribution in [0.3, 0.4) is 0 Å². The highest BCUT2D eigenvalue weighted by Crippen LogP contribution is 2.49. The van der Waals surface area contributed by atoms with Crippen LogP contribution >= 0.6 is 0 Å². The second-order valence-electron chi connectivity index (χ2n) is 8.52. The Hall–Kier alpha value is -3.59. The van der Waals surface area contributed by atoms with Gasteiger partial charge in [-0.15, -0.1) is 0 Å². The van der Waals surface area contributed by atoms with Gasteiger partial charge in [-0.25, -0.2) is 0 Å². The molecule has 1 fully saturated rings. The van der Waals surface area contributed by atoms with Gasteiger partial charge in [0.15, 0.2) is 11.5 Å². The predicted octanol–water partition coefficient (Wildman–Crippen LogP) is 2.50. The number of rotatable bonds is 7. The molecule has 0 unspecified atom stereocenters. The Labute approximate surface area is 197 Å². The van der Waals surface area contributed by atoms with Gasteiger partial charge in [0, 0.05) is 31.7 Å². The van der Waals surface area contributed by atoms with Crippen molar-refractivity contribution in [1.29, 1.82) is 0 Å². The topological polar surface area (TPSA) is 97.4 Å². The Bertz CT molecular complexity index is 1140. The van der Waals surface area contributed by atoms with Gasteiger partial charge in [-0.2, -0.15) is 0 Å². The first-order chi connectivity index (χ1) is 16.5. The number of carbonyl (C=O) groups is 3. The molecule has 2 atom stereocenters. The Morgan fingerprint density at radius 3 is 2.68 bits per heavy atom. The molecule has 3 heterocycles. The lowest BCUT2D eigenvalue weighted by Crippen LogP contribution is -2.49. The number of nitrogens with zero attached hydrogens (tertiary/aromatic N) is 2. The van der Waals surface area contributed by atoms with E-state index in [0.717, 1.165) is 19.4 Å². The third-order valence-electron chi connectivity index (χ3n) is 6.61. The molecule has 1 N–H and O–H groups in total. The van der Waals surface area contributed by atoms with Crippen molar-refractivity contribution >= 4 is 23.4 Å². The van der Waals surface area contributed by atoms with Crippen LogP contribution in [-0.4, -0.2) is 62.6 Å². The molecule has 5 rings (SSSR count). The molecule has 0 radical (unpaired) electrons. The normalized spacial score (nSPS) is 20.6. The second kappa shape index (κ2) is 8.98. The van der Waals surface area contributed by atoms with Crippen molar-refractivity contribution in [3.8, 4) is 11.5 Å². The zero-order valence-electron chi connectivity index (χ0n) is 19.2. The number of para-hydroxylation sites is 1. The minimum absolute atomic E-state index is 0.0460. The van der Waals surface area contributed by atoms with Crippen molar-refractivity contribution in [2.45, 2.75) is 31.5 Å². The number of amides is 3. The molecule has 3 amide bonds. The summed E-state index contributed by atoms with van der Waals surface area (Å²) in [6, 6.07) is 10.5. The van der Waals surface area contributed by atoms with Crippen molar-refractivity contribution < 1.29 is 28.6 Å². The number of fused-ring (bicyclic) bond motifs is 5. The van der Waals surface area contributed by atoms with E-state index in [4.69, 9.17) is 14.2 Å². The summed E-state index contributed by atoms with van der Waals surface area (Å²) >= 11 is 0. The highest BCUT2D eigenvalue weighted by Gasteiger charge is 2.49. The van der Waals surface area contributed by atoms with E-state index in [1.54, 1.807) is 46.2 Å². The van der Waals surface area contributed by atoms with Crippen molar-refractivity contribution in [2.24, 2.45) is 0 Å². The summed E-state index contributed by atoms with van der Waals surface area (Å²) < 4.78 is 16.5. The van der Waals surface area contributed by atoms with Gasteiger partial charge in [-0.3, -0.25) is 19.3 Å². The number of hydrogen-bond acceptors (Lipinski definition) is 6. The first-order valence-electron chi connectivity index (χ1n) is 11.4. The molecule has 0 aliphatic carbocycles. The molecule has 34 heavy (non-hydrogen) atoms. The molecule has 9 heteroatoms. The largest absolute Gasteiger partial charge is 0.493 e. The van der Waals surface area contributed by atoms with Gasteiger partial charge in [0.05, 0.1) is 37.1 Å². The smallest absolute Gasteiger partial charge is 0.264 e. The summed E-state index contributed by atoms with van der Waals surface area (Å²) in [5, 5.41) is 2.90. The Balaban J connectivity index is 1.46. The lowest BCUT2D eigenvalue weighted by Gasteiger charge is -2.40. The Kier molecular flexibility index (Phi) is 5.87. The number of methoxy groups -OCH3 is 2. The lowest BCUT2D eigenvalue weighted by atomic mass is 10.0. The van der Waals surface area contributed by atoms with Gasteiger partial charge in [-0.05, 0) is 31.0 Å². The molecule has 0 aromatic heterocycles. The quantitative estimate of drug-likeness (QED) is 0.675. The fraction of sp³-hybridized carbons (Fsp3) is 0.400. The van der Waals surface area contributed by atoms with E-state index in [1.165, 1.54) is 14.2 Å². The van der Waals surface area contributed by atoms with Gasteiger partial charge in [0.25, 0.3) is 11.8 Å². The first-order valence-corrected chi connectivity index (χ1v) is 11.4. The van der Waals surface area contributed by atoms with E-state index in [2.05, 4.69) is 5.32 Å². The van der Waals surface area contributed by atoms with Crippen molar-refractivity contribution in [3.05, 3.63) is 53.1 Å². The molecule has 178 valence electrons. The van der Waals surface area contributed by atoms with Gasteiger partial charge in [-0.1, -0.05) is 18.2 Å². The van der Waals surface area contributed by atoms with Gasteiger partial charge < -0.3 is 24.4 Å². The van der Waals surface area contributed by atoms with E-state index in [1.807, 2.05) is 0 Å². The molecule has 0 spiro atoms. The van der Waals surface area contributed by atoms with E-state index in [0.29, 0.717) is 40.4 Å². The average Bonchev–Trinajstić information content (AvgIpc) is 3.48. The van der Waals surface area contributed by atoms with Crippen LogP contribution < -0.4 is 19.7 Å². The maximum absolute atomic E-state index is 13.6. The molecular formula is C25H27N3O6. The fourth-order valence-corrected chi connectivity index (χ4v) is 4.99. The number of ether oxygens (including phenoxy) is 3. The third-order valence-corrected chi connectivity index (χ3v) is 6.61. The minimum Gasteiger partial charge on any atom is -0.493 e. The number of hydrogen-bond donors (Lipinski definition) is 1. The molecule has 3 aliphatic rings. The van der Waals surface area contributed by atoms with Crippen LogP contribution in [0.1, 0.15) is 51.7 Å². The van der Waals surface area contributed by atoms with Crippen LogP contribution in [0.25, 0.3) is 0 Å². The van der Waals surface area contributed by atoms with Crippen LogP contribution in [0, 0.1) is 0 Å². The Morgan fingerprint density at radius 2 is 1.94 bits per heavy atom. The zero-order valence-corrected chi connectivity index (χ0v) is 19.2. The van der Waals surface area contributed by atoms with Crippen molar-refractivity contribution in [2.75, 3.05) is 38.8 Å². The molecule has 9 nitrogen and oxygen atoms in total. The third kappa shape index (κ3) is 3.56. The van der Waals surface area contributed by atoms with Crippen LogP contribution in [0.4, 0.5) is 5.69 Å². The molecule has 1 saturated heterocycles. The average molecular weight is 466 g/mol. The molecule has 0 saturated carbocycles. The monoisotopic (exact) mass is 465 g/mol. The number of carbonyl (C=O) groups excluding carboxylic acids is 3. The molecule has 2 aromatic rings. The number of benzene rings is 2. The van der Waals surface area contributed by atoms with E-state index >= 15 is 0 Å². The zero-order chi connectivity index (χ0) is 23.8. The maximum Gasteiger partial charge on any atom is 0.264 e. The van der Waals surface area contributed by atoms with Crippen molar-refractivity contribution in [3.63, 3.8) is 0 Å². The second-order valence-corrected chi connectivity index (χ2v) is 8.52. The predicted molar refractivity (Wildman–Crippen MR) is 123 cm³/mol. The summed E-state index contributed by atoms with van der Waals surface area (Å²) in [5.41, 5.74) is 1.97. The van der Waals surface area contributed by atoms with Crippen LogP contribution in [0.15, 0.2) is 36.4 Å². The van der Waals surface area contributed by atoms with Crippen molar-refractivity contribution in [1.82, 2.24) is 10.2 Å².